The molecule has 0 aliphatic carbocycles. The molecule has 0 aliphatic rings. The summed E-state index contributed by atoms with van der Waals surface area (Å²) >= 11 is 0. The molecule has 2 rings (SSSR count). The summed E-state index contributed by atoms with van der Waals surface area (Å²) in [4.78, 5) is 27.1. The number of aromatic carboxylic acids is 2. The molecule has 97 valence electrons. The topological polar surface area (TPSA) is 106 Å². The van der Waals surface area contributed by atoms with Gasteiger partial charge in [0.05, 0.1) is 23.3 Å². The van der Waals surface area contributed by atoms with Crippen molar-refractivity contribution in [3.8, 4) is 0 Å². The van der Waals surface area contributed by atoms with Crippen LogP contribution in [0.25, 0.3) is 0 Å². The number of aromatic nitrogens is 2. The molecule has 0 bridgehead atoms. The van der Waals surface area contributed by atoms with E-state index in [1.165, 1.54) is 24.5 Å². The van der Waals surface area contributed by atoms with E-state index < -0.39 is 11.9 Å². The molecule has 2 aromatic rings. The summed E-state index contributed by atoms with van der Waals surface area (Å²) in [6.45, 7) is 0. The molecule has 0 atom stereocenters. The summed E-state index contributed by atoms with van der Waals surface area (Å²) in [7, 11) is 0. The zero-order chi connectivity index (χ0) is 13.4. The fraction of sp³-hybridized carbons (Fsp3) is 0. The zero-order valence-corrected chi connectivity index (χ0v) is 11.9. The molecule has 1 radical (unpaired) electrons. The first kappa shape index (κ1) is 17.8. The van der Waals surface area contributed by atoms with E-state index in [1.807, 2.05) is 0 Å². The van der Waals surface area contributed by atoms with Crippen molar-refractivity contribution in [2.24, 2.45) is 0 Å². The number of carboxylic acid groups (broad SMARTS) is 2. The summed E-state index contributed by atoms with van der Waals surface area (Å²) in [6.07, 6.45) is 2.82. The monoisotopic (exact) mass is 397 g/mol. The third-order valence-corrected chi connectivity index (χ3v) is 1.75. The molecule has 0 fully saturated rings. The number of carboxylic acids is 2. The third kappa shape index (κ3) is 7.10. The second kappa shape index (κ2) is 9.72. The Morgan fingerprint density at radius 2 is 1.16 bits per heavy atom. The molecular formula is C12H8EuN2O4. The quantitative estimate of drug-likeness (QED) is 0.638. The van der Waals surface area contributed by atoms with Crippen molar-refractivity contribution in [2.45, 2.75) is 0 Å². The number of hydrogen-bond donors (Lipinski definition) is 0. The molecule has 0 aliphatic heterocycles. The van der Waals surface area contributed by atoms with Gasteiger partial charge in [0.15, 0.2) is 0 Å². The van der Waals surface area contributed by atoms with Crippen molar-refractivity contribution in [2.75, 3.05) is 0 Å². The Labute approximate surface area is 150 Å². The van der Waals surface area contributed by atoms with E-state index in [4.69, 9.17) is 0 Å². The Kier molecular flexibility index (Phi) is 9.11. The largest absolute Gasteiger partial charge is 2.00 e. The molecule has 19 heavy (non-hydrogen) atoms. The van der Waals surface area contributed by atoms with E-state index in [-0.39, 0.29) is 60.8 Å². The van der Waals surface area contributed by atoms with Crippen molar-refractivity contribution >= 4 is 11.9 Å². The molecule has 0 spiro atoms. The van der Waals surface area contributed by atoms with Gasteiger partial charge in [-0.3, -0.25) is 9.97 Å². The van der Waals surface area contributed by atoms with Crippen LogP contribution in [-0.4, -0.2) is 21.9 Å². The van der Waals surface area contributed by atoms with E-state index in [0.29, 0.717) is 0 Å². The molecular weight excluding hydrogens is 388 g/mol. The third-order valence-electron chi connectivity index (χ3n) is 1.75. The van der Waals surface area contributed by atoms with Crippen LogP contribution in [0.15, 0.2) is 48.8 Å². The van der Waals surface area contributed by atoms with Crippen LogP contribution < -0.4 is 10.2 Å². The first-order valence-corrected chi connectivity index (χ1v) is 4.86. The maximum absolute atomic E-state index is 10.0. The summed E-state index contributed by atoms with van der Waals surface area (Å²) in [5.41, 5.74) is -0.0602. The van der Waals surface area contributed by atoms with Gasteiger partial charge in [0.25, 0.3) is 0 Å². The minimum Gasteiger partial charge on any atom is -0.543 e. The normalized spacial score (nSPS) is 8.42. The summed E-state index contributed by atoms with van der Waals surface area (Å²) in [5, 5.41) is 20.1. The molecule has 0 aromatic carbocycles. The fourth-order valence-corrected chi connectivity index (χ4v) is 0.967. The maximum Gasteiger partial charge on any atom is 2.00 e. The van der Waals surface area contributed by atoms with Gasteiger partial charge < -0.3 is 19.8 Å². The SMILES string of the molecule is O=C([O-])c1ccccn1.O=C([O-])c1ccccn1.[Eu+2]. The number of pyridine rings is 2. The van der Waals surface area contributed by atoms with Gasteiger partial charge in [-0.1, -0.05) is 12.1 Å². The van der Waals surface area contributed by atoms with Crippen LogP contribution in [0, 0.1) is 49.4 Å². The van der Waals surface area contributed by atoms with Crippen LogP contribution in [0.4, 0.5) is 0 Å². The van der Waals surface area contributed by atoms with Crippen molar-refractivity contribution in [3.63, 3.8) is 0 Å². The number of nitrogens with zero attached hydrogens (tertiary/aromatic N) is 2. The van der Waals surface area contributed by atoms with Gasteiger partial charge in [0, 0.05) is 12.4 Å². The van der Waals surface area contributed by atoms with Gasteiger partial charge in [-0.05, 0) is 24.3 Å². The van der Waals surface area contributed by atoms with Crippen LogP contribution in [0.5, 0.6) is 0 Å². The Bertz CT molecular complexity index is 470. The van der Waals surface area contributed by atoms with E-state index >= 15 is 0 Å². The van der Waals surface area contributed by atoms with Gasteiger partial charge in [0.1, 0.15) is 0 Å². The van der Waals surface area contributed by atoms with E-state index in [1.54, 1.807) is 24.3 Å². The van der Waals surface area contributed by atoms with Gasteiger partial charge in [-0.2, -0.15) is 0 Å². The van der Waals surface area contributed by atoms with Crippen LogP contribution in [0.1, 0.15) is 21.0 Å². The van der Waals surface area contributed by atoms with Crippen LogP contribution in [-0.2, 0) is 0 Å². The van der Waals surface area contributed by atoms with Crippen molar-refractivity contribution in [1.29, 1.82) is 0 Å². The van der Waals surface area contributed by atoms with Crippen molar-refractivity contribution in [3.05, 3.63) is 60.2 Å². The average Bonchev–Trinajstić information content (AvgIpc) is 2.41. The van der Waals surface area contributed by atoms with Crippen LogP contribution in [0.2, 0.25) is 0 Å². The smallest absolute Gasteiger partial charge is 0.543 e. The molecule has 6 nitrogen and oxygen atoms in total. The minimum absolute atomic E-state index is 0. The Morgan fingerprint density at radius 3 is 1.32 bits per heavy atom. The minimum atomic E-state index is -1.24. The number of rotatable bonds is 2. The molecule has 0 amide bonds. The molecule has 0 saturated carbocycles. The van der Waals surface area contributed by atoms with Crippen LogP contribution >= 0.6 is 0 Å². The molecule has 2 aromatic heterocycles. The molecule has 7 heteroatoms. The Hall–Kier alpha value is -1.18. The fourth-order valence-electron chi connectivity index (χ4n) is 0.967. The number of carbonyl (C=O) groups is 2. The summed E-state index contributed by atoms with van der Waals surface area (Å²) < 4.78 is 0. The van der Waals surface area contributed by atoms with Crippen molar-refractivity contribution < 1.29 is 69.2 Å². The molecule has 0 unspecified atom stereocenters. The van der Waals surface area contributed by atoms with Gasteiger partial charge in [-0.25, -0.2) is 0 Å². The van der Waals surface area contributed by atoms with Crippen molar-refractivity contribution in [1.82, 2.24) is 9.97 Å². The van der Waals surface area contributed by atoms with Gasteiger partial charge in [-0.15, -0.1) is 0 Å². The van der Waals surface area contributed by atoms with Gasteiger partial charge in [0.2, 0.25) is 0 Å². The summed E-state index contributed by atoms with van der Waals surface area (Å²) in [5.74, 6) is -2.48. The second-order valence-corrected chi connectivity index (χ2v) is 3.00. The zero-order valence-electron chi connectivity index (χ0n) is 9.52. The molecule has 2 heterocycles. The van der Waals surface area contributed by atoms with Crippen LogP contribution in [0.3, 0.4) is 0 Å². The van der Waals surface area contributed by atoms with E-state index in [9.17, 15) is 19.8 Å². The molecule has 0 N–H and O–H groups in total. The van der Waals surface area contributed by atoms with E-state index in [2.05, 4.69) is 9.97 Å². The van der Waals surface area contributed by atoms with E-state index in [0.717, 1.165) is 0 Å². The first-order chi connectivity index (χ1) is 8.61. The Balaban J connectivity index is 0.000000324. The first-order valence-electron chi connectivity index (χ1n) is 4.86. The predicted octanol–water partition coefficient (Wildman–Crippen LogP) is -1.11. The summed E-state index contributed by atoms with van der Waals surface area (Å²) in [6, 6.07) is 9.25. The maximum atomic E-state index is 10.0. The predicted molar refractivity (Wildman–Crippen MR) is 57.1 cm³/mol. The number of carbonyl (C=O) groups excluding carboxylic acids is 2. The second-order valence-electron chi connectivity index (χ2n) is 3.00. The molecule has 0 saturated heterocycles. The number of hydrogen-bond acceptors (Lipinski definition) is 6. The average molecular weight is 396 g/mol. The van der Waals surface area contributed by atoms with Gasteiger partial charge >= 0.3 is 49.4 Å². The Morgan fingerprint density at radius 1 is 0.789 bits per heavy atom. The standard InChI is InChI=1S/2C6H5NO2.Eu/c2*8-6(9)5-3-1-2-4-7-5;/h2*1-4H,(H,8,9);/q;;+2/p-2.